The second-order valence-electron chi connectivity index (χ2n) is 6.55. The van der Waals surface area contributed by atoms with Crippen LogP contribution in [0.5, 0.6) is 11.5 Å². The highest BCUT2D eigenvalue weighted by atomic mass is 35.5. The summed E-state index contributed by atoms with van der Waals surface area (Å²) in [4.78, 5) is 0. The molecule has 0 aliphatic heterocycles. The summed E-state index contributed by atoms with van der Waals surface area (Å²) in [6.07, 6.45) is 4.94. The zero-order chi connectivity index (χ0) is 20.4. The van der Waals surface area contributed by atoms with E-state index in [1.165, 1.54) is 25.7 Å². The fourth-order valence-electron chi connectivity index (χ4n) is 2.81. The first-order valence-corrected chi connectivity index (χ1v) is 10.9. The molecule has 0 aliphatic carbocycles. The summed E-state index contributed by atoms with van der Waals surface area (Å²) in [7, 11) is 0. The highest BCUT2D eigenvalue weighted by Crippen LogP contribution is 2.35. The zero-order valence-electron chi connectivity index (χ0n) is 16.5. The van der Waals surface area contributed by atoms with Gasteiger partial charge in [0.2, 0.25) is 0 Å². The second-order valence-corrected chi connectivity index (χ2v) is 7.77. The molecule has 2 aromatic rings. The van der Waals surface area contributed by atoms with E-state index in [2.05, 4.69) is 12.2 Å². The standard InChI is InChI=1S/C22H28Cl3NO2/c1-3-5-6-7-11-26-14-16-12-21(27-4-2)22(13-20(16)25)28-15-17-18(23)9-8-10-19(17)24/h8-10,12-13,26H,3-7,11,14-15H2,1-2H3. The first kappa shape index (κ1) is 23.2. The molecule has 0 fully saturated rings. The van der Waals surface area contributed by atoms with Crippen molar-refractivity contribution in [2.75, 3.05) is 13.2 Å². The average Bonchev–Trinajstić information content (AvgIpc) is 2.67. The van der Waals surface area contributed by atoms with Gasteiger partial charge in [0.25, 0.3) is 0 Å². The largest absolute Gasteiger partial charge is 0.490 e. The van der Waals surface area contributed by atoms with Gasteiger partial charge in [-0.05, 0) is 43.7 Å². The van der Waals surface area contributed by atoms with Crippen molar-refractivity contribution in [1.82, 2.24) is 5.32 Å². The second kappa shape index (κ2) is 12.4. The molecule has 0 aliphatic rings. The van der Waals surface area contributed by atoms with E-state index in [1.54, 1.807) is 24.3 Å². The van der Waals surface area contributed by atoms with Gasteiger partial charge < -0.3 is 14.8 Å². The minimum atomic E-state index is 0.240. The monoisotopic (exact) mass is 443 g/mol. The Morgan fingerprint density at radius 3 is 2.25 bits per heavy atom. The van der Waals surface area contributed by atoms with Crippen LogP contribution in [0.2, 0.25) is 15.1 Å². The number of hydrogen-bond donors (Lipinski definition) is 1. The fraction of sp³-hybridized carbons (Fsp3) is 0.455. The zero-order valence-corrected chi connectivity index (χ0v) is 18.8. The first-order valence-electron chi connectivity index (χ1n) is 9.78. The smallest absolute Gasteiger partial charge is 0.163 e. The maximum atomic E-state index is 6.48. The van der Waals surface area contributed by atoms with Crippen molar-refractivity contribution in [1.29, 1.82) is 0 Å². The van der Waals surface area contributed by atoms with E-state index in [0.29, 0.717) is 39.7 Å². The molecule has 0 unspecified atom stereocenters. The molecule has 6 heteroatoms. The van der Waals surface area contributed by atoms with Crippen molar-refractivity contribution in [3.05, 3.63) is 56.5 Å². The van der Waals surface area contributed by atoms with Gasteiger partial charge in [-0.2, -0.15) is 0 Å². The topological polar surface area (TPSA) is 30.5 Å². The van der Waals surface area contributed by atoms with Gasteiger partial charge >= 0.3 is 0 Å². The summed E-state index contributed by atoms with van der Waals surface area (Å²) in [5.41, 5.74) is 1.73. The summed E-state index contributed by atoms with van der Waals surface area (Å²) in [5.74, 6) is 1.24. The summed E-state index contributed by atoms with van der Waals surface area (Å²) in [6, 6.07) is 9.12. The highest BCUT2D eigenvalue weighted by molar-refractivity contribution is 6.36. The quantitative estimate of drug-likeness (QED) is 0.348. The van der Waals surface area contributed by atoms with Gasteiger partial charge in [0.1, 0.15) is 6.61 Å². The Hall–Kier alpha value is -1.13. The molecule has 2 aromatic carbocycles. The lowest BCUT2D eigenvalue weighted by molar-refractivity contribution is 0.269. The maximum absolute atomic E-state index is 6.48. The van der Waals surface area contributed by atoms with Crippen LogP contribution in [0.4, 0.5) is 0 Å². The number of hydrogen-bond acceptors (Lipinski definition) is 3. The minimum absolute atomic E-state index is 0.240. The highest BCUT2D eigenvalue weighted by Gasteiger charge is 2.13. The van der Waals surface area contributed by atoms with Gasteiger partial charge in [0.15, 0.2) is 11.5 Å². The van der Waals surface area contributed by atoms with Gasteiger partial charge in [-0.15, -0.1) is 0 Å². The Labute approximate surface area is 183 Å². The third-order valence-corrected chi connectivity index (χ3v) is 5.43. The lowest BCUT2D eigenvalue weighted by Crippen LogP contribution is -2.15. The van der Waals surface area contributed by atoms with Crippen molar-refractivity contribution in [3.8, 4) is 11.5 Å². The van der Waals surface area contributed by atoms with E-state index in [4.69, 9.17) is 44.3 Å². The van der Waals surface area contributed by atoms with Crippen LogP contribution in [0.1, 0.15) is 50.7 Å². The van der Waals surface area contributed by atoms with Crippen molar-refractivity contribution in [2.45, 2.75) is 52.7 Å². The lowest BCUT2D eigenvalue weighted by Gasteiger charge is -2.16. The molecule has 0 heterocycles. The van der Waals surface area contributed by atoms with Crippen molar-refractivity contribution in [2.24, 2.45) is 0 Å². The number of benzene rings is 2. The van der Waals surface area contributed by atoms with Crippen molar-refractivity contribution < 1.29 is 9.47 Å². The normalized spacial score (nSPS) is 10.9. The first-order chi connectivity index (χ1) is 13.6. The Morgan fingerprint density at radius 2 is 1.57 bits per heavy atom. The molecule has 0 saturated carbocycles. The Balaban J connectivity index is 2.05. The molecular formula is C22H28Cl3NO2. The van der Waals surface area contributed by atoms with E-state index in [0.717, 1.165) is 17.7 Å². The summed E-state index contributed by atoms with van der Waals surface area (Å²) < 4.78 is 11.7. The van der Waals surface area contributed by atoms with Crippen LogP contribution in [0, 0.1) is 0 Å². The maximum Gasteiger partial charge on any atom is 0.163 e. The number of rotatable bonds is 12. The van der Waals surface area contributed by atoms with E-state index in [1.807, 2.05) is 13.0 Å². The number of nitrogens with one attached hydrogen (secondary N) is 1. The van der Waals surface area contributed by atoms with Crippen molar-refractivity contribution >= 4 is 34.8 Å². The van der Waals surface area contributed by atoms with Gasteiger partial charge in [-0.1, -0.05) is 67.1 Å². The molecule has 0 spiro atoms. The molecule has 2 rings (SSSR count). The number of halogens is 3. The van der Waals surface area contributed by atoms with E-state index >= 15 is 0 Å². The van der Waals surface area contributed by atoms with Crippen molar-refractivity contribution in [3.63, 3.8) is 0 Å². The van der Waals surface area contributed by atoms with E-state index < -0.39 is 0 Å². The third kappa shape index (κ3) is 7.04. The Kier molecular flexibility index (Phi) is 10.3. The average molecular weight is 445 g/mol. The number of unbranched alkanes of at least 4 members (excludes halogenated alkanes) is 3. The van der Waals surface area contributed by atoms with Gasteiger partial charge in [0, 0.05) is 33.2 Å². The molecule has 0 bridgehead atoms. The van der Waals surface area contributed by atoms with E-state index in [-0.39, 0.29) is 6.61 Å². The minimum Gasteiger partial charge on any atom is -0.490 e. The fourth-order valence-corrected chi connectivity index (χ4v) is 3.54. The van der Waals surface area contributed by atoms with Crippen LogP contribution >= 0.6 is 34.8 Å². The molecule has 3 nitrogen and oxygen atoms in total. The van der Waals surface area contributed by atoms with Crippen LogP contribution in [-0.2, 0) is 13.2 Å². The predicted molar refractivity (Wildman–Crippen MR) is 119 cm³/mol. The van der Waals surface area contributed by atoms with E-state index in [9.17, 15) is 0 Å². The molecule has 0 aromatic heterocycles. The van der Waals surface area contributed by atoms with Crippen LogP contribution < -0.4 is 14.8 Å². The van der Waals surface area contributed by atoms with Crippen LogP contribution in [0.3, 0.4) is 0 Å². The summed E-state index contributed by atoms with van der Waals surface area (Å²) in [6.45, 7) is 6.60. The van der Waals surface area contributed by atoms with Crippen LogP contribution in [0.15, 0.2) is 30.3 Å². The molecule has 1 N–H and O–H groups in total. The molecular weight excluding hydrogens is 417 g/mol. The Bertz CT molecular complexity index is 733. The van der Waals surface area contributed by atoms with Gasteiger partial charge in [-0.25, -0.2) is 0 Å². The Morgan fingerprint density at radius 1 is 0.857 bits per heavy atom. The molecule has 0 saturated heterocycles. The summed E-state index contributed by atoms with van der Waals surface area (Å²) >= 11 is 18.9. The van der Waals surface area contributed by atoms with Crippen LogP contribution in [-0.4, -0.2) is 13.2 Å². The summed E-state index contributed by atoms with van der Waals surface area (Å²) in [5, 5.41) is 5.23. The molecule has 154 valence electrons. The third-order valence-electron chi connectivity index (χ3n) is 4.37. The molecule has 28 heavy (non-hydrogen) atoms. The van der Waals surface area contributed by atoms with Gasteiger partial charge in [0.05, 0.1) is 6.61 Å². The van der Waals surface area contributed by atoms with Crippen LogP contribution in [0.25, 0.3) is 0 Å². The molecule has 0 amide bonds. The number of ether oxygens (including phenoxy) is 2. The SMILES string of the molecule is CCCCCCNCc1cc(OCC)c(OCc2c(Cl)cccc2Cl)cc1Cl. The molecule has 0 radical (unpaired) electrons. The predicted octanol–water partition coefficient (Wildman–Crippen LogP) is 7.29. The lowest BCUT2D eigenvalue weighted by atomic mass is 10.1. The van der Waals surface area contributed by atoms with Gasteiger partial charge in [-0.3, -0.25) is 0 Å². The molecule has 0 atom stereocenters.